The van der Waals surface area contributed by atoms with Crippen LogP contribution in [-0.2, 0) is 10.0 Å². The van der Waals surface area contributed by atoms with Crippen molar-refractivity contribution in [1.29, 1.82) is 0 Å². The monoisotopic (exact) mass is 311 g/mol. The Labute approximate surface area is 103 Å². The quantitative estimate of drug-likeness (QED) is 0.857. The Bertz CT molecular complexity index is 427. The van der Waals surface area contributed by atoms with E-state index in [4.69, 9.17) is 0 Å². The summed E-state index contributed by atoms with van der Waals surface area (Å²) in [6, 6.07) is 3.40. The lowest BCUT2D eigenvalue weighted by molar-refractivity contribution is 0.381. The molecule has 0 aromatic carbocycles. The zero-order valence-electron chi connectivity index (χ0n) is 8.90. The molecule has 1 unspecified atom stereocenters. The first kappa shape index (κ1) is 13.2. The summed E-state index contributed by atoms with van der Waals surface area (Å²) in [6.07, 6.45) is 0.808. The van der Waals surface area contributed by atoms with Gasteiger partial charge >= 0.3 is 0 Å². The summed E-state index contributed by atoms with van der Waals surface area (Å²) in [5, 5.41) is 0. The molecule has 1 aromatic heterocycles. The molecule has 1 aromatic rings. The fraction of sp³-hybridized carbons (Fsp3) is 0.556. The molecule has 0 spiro atoms. The molecule has 0 fully saturated rings. The maximum absolute atomic E-state index is 12.1. The minimum absolute atomic E-state index is 0.0240. The molecule has 0 saturated heterocycles. The van der Waals surface area contributed by atoms with Crippen molar-refractivity contribution in [3.8, 4) is 0 Å². The van der Waals surface area contributed by atoms with E-state index < -0.39 is 10.0 Å². The SMILES string of the molecule is CCC(C)N(C)S(=O)(=O)c1ccc(Br)s1. The minimum Gasteiger partial charge on any atom is -0.206 e. The van der Waals surface area contributed by atoms with Gasteiger partial charge in [0.1, 0.15) is 4.21 Å². The minimum atomic E-state index is -3.31. The molecule has 86 valence electrons. The Kier molecular flexibility index (Phi) is 4.34. The average molecular weight is 312 g/mol. The number of sulfonamides is 1. The number of thiophene rings is 1. The molecule has 0 aliphatic heterocycles. The van der Waals surface area contributed by atoms with Crippen molar-refractivity contribution in [2.45, 2.75) is 30.5 Å². The third kappa shape index (κ3) is 2.81. The smallest absolute Gasteiger partial charge is 0.206 e. The van der Waals surface area contributed by atoms with Crippen LogP contribution in [0.25, 0.3) is 0 Å². The van der Waals surface area contributed by atoms with E-state index in [1.807, 2.05) is 13.8 Å². The summed E-state index contributed by atoms with van der Waals surface area (Å²) in [5.74, 6) is 0. The summed E-state index contributed by atoms with van der Waals surface area (Å²) in [6.45, 7) is 3.88. The van der Waals surface area contributed by atoms with Crippen LogP contribution in [-0.4, -0.2) is 25.8 Å². The molecule has 3 nitrogen and oxygen atoms in total. The lowest BCUT2D eigenvalue weighted by Gasteiger charge is -2.22. The Balaban J connectivity index is 3.03. The lowest BCUT2D eigenvalue weighted by Crippen LogP contribution is -2.34. The maximum Gasteiger partial charge on any atom is 0.252 e. The van der Waals surface area contributed by atoms with E-state index in [0.717, 1.165) is 10.2 Å². The largest absolute Gasteiger partial charge is 0.252 e. The molecule has 15 heavy (non-hydrogen) atoms. The second-order valence-electron chi connectivity index (χ2n) is 3.34. The van der Waals surface area contributed by atoms with E-state index in [0.29, 0.717) is 4.21 Å². The van der Waals surface area contributed by atoms with Gasteiger partial charge in [-0.05, 0) is 41.4 Å². The molecule has 6 heteroatoms. The van der Waals surface area contributed by atoms with Gasteiger partial charge in [0.25, 0.3) is 10.0 Å². The third-order valence-corrected chi connectivity index (χ3v) is 6.46. The summed E-state index contributed by atoms with van der Waals surface area (Å²) < 4.78 is 26.8. The maximum atomic E-state index is 12.1. The highest BCUT2D eigenvalue weighted by molar-refractivity contribution is 9.11. The molecular formula is C9H14BrNO2S2. The predicted molar refractivity (Wildman–Crippen MR) is 66.7 cm³/mol. The van der Waals surface area contributed by atoms with E-state index in [9.17, 15) is 8.42 Å². The molecule has 1 rings (SSSR count). The third-order valence-electron chi connectivity index (χ3n) is 2.39. The van der Waals surface area contributed by atoms with Crippen molar-refractivity contribution in [3.63, 3.8) is 0 Å². The molecule has 0 aliphatic rings. The van der Waals surface area contributed by atoms with Gasteiger partial charge in [-0.2, -0.15) is 4.31 Å². The molecule has 0 bridgehead atoms. The van der Waals surface area contributed by atoms with Gasteiger partial charge in [-0.3, -0.25) is 0 Å². The summed E-state index contributed by atoms with van der Waals surface area (Å²) >= 11 is 4.50. The highest BCUT2D eigenvalue weighted by Gasteiger charge is 2.25. The van der Waals surface area contributed by atoms with Crippen LogP contribution in [0.4, 0.5) is 0 Å². The van der Waals surface area contributed by atoms with E-state index in [1.54, 1.807) is 19.2 Å². The molecule has 0 radical (unpaired) electrons. The van der Waals surface area contributed by atoms with Gasteiger partial charge in [-0.25, -0.2) is 8.42 Å². The van der Waals surface area contributed by atoms with Crippen LogP contribution in [0.1, 0.15) is 20.3 Å². The van der Waals surface area contributed by atoms with Crippen molar-refractivity contribution in [1.82, 2.24) is 4.31 Å². The van der Waals surface area contributed by atoms with Gasteiger partial charge in [-0.15, -0.1) is 11.3 Å². The highest BCUT2D eigenvalue weighted by Crippen LogP contribution is 2.28. The topological polar surface area (TPSA) is 37.4 Å². The zero-order chi connectivity index (χ0) is 11.6. The van der Waals surface area contributed by atoms with Crippen LogP contribution < -0.4 is 0 Å². The number of hydrogen-bond acceptors (Lipinski definition) is 3. The van der Waals surface area contributed by atoms with Crippen molar-refractivity contribution < 1.29 is 8.42 Å². The summed E-state index contributed by atoms with van der Waals surface area (Å²) in [7, 11) is -1.69. The number of nitrogens with zero attached hydrogens (tertiary/aromatic N) is 1. The Hall–Kier alpha value is 0.0900. The van der Waals surface area contributed by atoms with Crippen LogP contribution in [0.3, 0.4) is 0 Å². The van der Waals surface area contributed by atoms with Crippen molar-refractivity contribution in [2.24, 2.45) is 0 Å². The number of rotatable bonds is 4. The van der Waals surface area contributed by atoms with Gasteiger partial charge in [0, 0.05) is 13.1 Å². The first-order valence-corrected chi connectivity index (χ1v) is 7.68. The number of hydrogen-bond donors (Lipinski definition) is 0. The molecule has 0 amide bonds. The van der Waals surface area contributed by atoms with Crippen LogP contribution in [0.15, 0.2) is 20.1 Å². The Morgan fingerprint density at radius 2 is 2.13 bits per heavy atom. The molecule has 0 saturated carbocycles. The van der Waals surface area contributed by atoms with Crippen LogP contribution in [0, 0.1) is 0 Å². The average Bonchev–Trinajstić information content (AvgIpc) is 2.63. The van der Waals surface area contributed by atoms with Gasteiger partial charge < -0.3 is 0 Å². The fourth-order valence-corrected chi connectivity index (χ4v) is 4.70. The normalized spacial score (nSPS) is 14.5. The predicted octanol–water partition coefficient (Wildman–Crippen LogP) is 2.93. The van der Waals surface area contributed by atoms with Gasteiger partial charge in [0.05, 0.1) is 3.79 Å². The van der Waals surface area contributed by atoms with E-state index in [2.05, 4.69) is 15.9 Å². The summed E-state index contributed by atoms with van der Waals surface area (Å²) in [5.41, 5.74) is 0. The van der Waals surface area contributed by atoms with E-state index in [1.165, 1.54) is 15.6 Å². The van der Waals surface area contributed by atoms with Crippen molar-refractivity contribution in [2.75, 3.05) is 7.05 Å². The van der Waals surface area contributed by atoms with Crippen molar-refractivity contribution in [3.05, 3.63) is 15.9 Å². The molecule has 0 aliphatic carbocycles. The second-order valence-corrected chi connectivity index (χ2v) is 8.02. The first-order chi connectivity index (χ1) is 6.89. The van der Waals surface area contributed by atoms with Gasteiger partial charge in [0.2, 0.25) is 0 Å². The van der Waals surface area contributed by atoms with Crippen LogP contribution in [0.5, 0.6) is 0 Å². The van der Waals surface area contributed by atoms with Crippen molar-refractivity contribution >= 4 is 37.3 Å². The second kappa shape index (κ2) is 4.95. The van der Waals surface area contributed by atoms with Gasteiger partial charge in [-0.1, -0.05) is 6.92 Å². The van der Waals surface area contributed by atoms with E-state index >= 15 is 0 Å². The van der Waals surface area contributed by atoms with Crippen LogP contribution in [0.2, 0.25) is 0 Å². The fourth-order valence-electron chi connectivity index (χ4n) is 1.07. The number of halogens is 1. The zero-order valence-corrected chi connectivity index (χ0v) is 12.1. The molecule has 1 heterocycles. The first-order valence-electron chi connectivity index (χ1n) is 4.63. The van der Waals surface area contributed by atoms with Crippen LogP contribution >= 0.6 is 27.3 Å². The Morgan fingerprint density at radius 3 is 2.53 bits per heavy atom. The highest BCUT2D eigenvalue weighted by atomic mass is 79.9. The standard InChI is InChI=1S/C9H14BrNO2S2/c1-4-7(2)11(3)15(12,13)9-6-5-8(10)14-9/h5-7H,4H2,1-3H3. The Morgan fingerprint density at radius 1 is 1.53 bits per heavy atom. The van der Waals surface area contributed by atoms with E-state index in [-0.39, 0.29) is 6.04 Å². The molecule has 0 N–H and O–H groups in total. The molecular weight excluding hydrogens is 298 g/mol. The summed E-state index contributed by atoms with van der Waals surface area (Å²) in [4.78, 5) is 0. The van der Waals surface area contributed by atoms with Gasteiger partial charge in [0.15, 0.2) is 0 Å². The lowest BCUT2D eigenvalue weighted by atomic mass is 10.3. The molecule has 1 atom stereocenters.